The molecule has 3 heteroatoms. The Balaban J connectivity index is 2.06. The van der Waals surface area contributed by atoms with Gasteiger partial charge in [-0.05, 0) is 38.1 Å². The molecule has 0 unspecified atom stereocenters. The van der Waals surface area contributed by atoms with Crippen molar-refractivity contribution in [3.8, 4) is 0 Å². The van der Waals surface area contributed by atoms with Gasteiger partial charge in [-0.25, -0.2) is 0 Å². The predicted molar refractivity (Wildman–Crippen MR) is 55.7 cm³/mol. The molecule has 2 atom stereocenters. The van der Waals surface area contributed by atoms with E-state index in [2.05, 4.69) is 4.90 Å². The summed E-state index contributed by atoms with van der Waals surface area (Å²) in [6.07, 6.45) is 5.33. The van der Waals surface area contributed by atoms with Crippen LogP contribution >= 0.6 is 0 Å². The fourth-order valence-corrected chi connectivity index (χ4v) is 3.07. The van der Waals surface area contributed by atoms with E-state index in [0.29, 0.717) is 30.3 Å². The molecule has 0 aromatic rings. The second-order valence-corrected chi connectivity index (χ2v) is 4.61. The summed E-state index contributed by atoms with van der Waals surface area (Å²) in [4.78, 5) is 13.9. The van der Waals surface area contributed by atoms with E-state index in [4.69, 9.17) is 5.73 Å². The first-order valence-corrected chi connectivity index (χ1v) is 5.77. The maximum Gasteiger partial charge on any atom is 0.222 e. The molecule has 2 aliphatic rings. The zero-order valence-electron chi connectivity index (χ0n) is 8.91. The zero-order valence-corrected chi connectivity index (χ0v) is 8.91. The number of hydrogen-bond acceptors (Lipinski definition) is 2. The minimum atomic E-state index is 0.341. The molecule has 0 aromatic carbocycles. The van der Waals surface area contributed by atoms with Gasteiger partial charge in [0, 0.05) is 18.5 Å². The highest BCUT2D eigenvalue weighted by Gasteiger charge is 2.41. The second-order valence-electron chi connectivity index (χ2n) is 4.61. The van der Waals surface area contributed by atoms with E-state index in [9.17, 15) is 4.79 Å². The monoisotopic (exact) mass is 196 g/mol. The summed E-state index contributed by atoms with van der Waals surface area (Å²) in [6, 6.07) is 1.02. The van der Waals surface area contributed by atoms with Crippen molar-refractivity contribution in [2.45, 2.75) is 51.1 Å². The van der Waals surface area contributed by atoms with Crippen LogP contribution < -0.4 is 5.73 Å². The Morgan fingerprint density at radius 1 is 1.36 bits per heavy atom. The average molecular weight is 196 g/mol. The highest BCUT2D eigenvalue weighted by atomic mass is 16.2. The Morgan fingerprint density at radius 3 is 2.36 bits per heavy atom. The molecule has 0 radical (unpaired) electrons. The van der Waals surface area contributed by atoms with Gasteiger partial charge in [0.1, 0.15) is 0 Å². The molecule has 80 valence electrons. The summed E-state index contributed by atoms with van der Waals surface area (Å²) in [5, 5.41) is 0. The number of nitrogens with zero attached hydrogens (tertiary/aromatic N) is 1. The third-order valence-corrected chi connectivity index (χ3v) is 3.75. The minimum Gasteiger partial charge on any atom is -0.337 e. The molecule has 1 amide bonds. The molecule has 14 heavy (non-hydrogen) atoms. The molecule has 2 aliphatic heterocycles. The van der Waals surface area contributed by atoms with Gasteiger partial charge in [-0.15, -0.1) is 0 Å². The molecule has 0 aromatic heterocycles. The summed E-state index contributed by atoms with van der Waals surface area (Å²) in [7, 11) is 0. The molecule has 0 saturated carbocycles. The van der Waals surface area contributed by atoms with Gasteiger partial charge in [0.25, 0.3) is 0 Å². The SMILES string of the molecule is CCC(=O)N1[C@H]2CC[C@H]1CC(CN)C2. The lowest BCUT2D eigenvalue weighted by Crippen LogP contribution is -2.47. The van der Waals surface area contributed by atoms with Gasteiger partial charge in [-0.1, -0.05) is 6.92 Å². The number of nitrogens with two attached hydrogens (primary N) is 1. The predicted octanol–water partition coefficient (Wildman–Crippen LogP) is 1.12. The number of amides is 1. The van der Waals surface area contributed by atoms with Crippen LogP contribution in [0.3, 0.4) is 0 Å². The highest BCUT2D eigenvalue weighted by Crippen LogP contribution is 2.38. The van der Waals surface area contributed by atoms with Crippen LogP contribution in [0.4, 0.5) is 0 Å². The largest absolute Gasteiger partial charge is 0.337 e. The molecule has 2 saturated heterocycles. The number of carbonyl (C=O) groups excluding carboxylic acids is 1. The fraction of sp³-hybridized carbons (Fsp3) is 0.909. The molecule has 0 spiro atoms. The van der Waals surface area contributed by atoms with E-state index in [1.165, 1.54) is 12.8 Å². The van der Waals surface area contributed by atoms with Crippen molar-refractivity contribution in [3.05, 3.63) is 0 Å². The Morgan fingerprint density at radius 2 is 1.93 bits per heavy atom. The fourth-order valence-electron chi connectivity index (χ4n) is 3.07. The number of carbonyl (C=O) groups is 1. The quantitative estimate of drug-likeness (QED) is 0.719. The van der Waals surface area contributed by atoms with Gasteiger partial charge >= 0.3 is 0 Å². The van der Waals surface area contributed by atoms with E-state index >= 15 is 0 Å². The Bertz CT molecular complexity index is 215. The van der Waals surface area contributed by atoms with Crippen molar-refractivity contribution in [1.29, 1.82) is 0 Å². The molecule has 2 fully saturated rings. The van der Waals surface area contributed by atoms with E-state index in [1.807, 2.05) is 6.92 Å². The Labute approximate surface area is 85.6 Å². The van der Waals surface area contributed by atoms with E-state index in [-0.39, 0.29) is 0 Å². The van der Waals surface area contributed by atoms with Gasteiger partial charge in [0.05, 0.1) is 0 Å². The van der Waals surface area contributed by atoms with Gasteiger partial charge in [0.2, 0.25) is 5.91 Å². The number of hydrogen-bond donors (Lipinski definition) is 1. The van der Waals surface area contributed by atoms with E-state index in [1.54, 1.807) is 0 Å². The normalized spacial score (nSPS) is 36.1. The van der Waals surface area contributed by atoms with Crippen LogP contribution in [-0.2, 0) is 4.79 Å². The van der Waals surface area contributed by atoms with Gasteiger partial charge in [0.15, 0.2) is 0 Å². The third kappa shape index (κ3) is 1.54. The van der Waals surface area contributed by atoms with Crippen LogP contribution in [0.25, 0.3) is 0 Å². The minimum absolute atomic E-state index is 0.341. The zero-order chi connectivity index (χ0) is 10.1. The highest BCUT2D eigenvalue weighted by molar-refractivity contribution is 5.77. The van der Waals surface area contributed by atoms with Crippen LogP contribution in [0.1, 0.15) is 39.0 Å². The standard InChI is InChI=1S/C11H20N2O/c1-2-11(14)13-9-3-4-10(13)6-8(5-9)7-12/h8-10H,2-7,12H2,1H3/t9-,10-/m0/s1. The topological polar surface area (TPSA) is 46.3 Å². The Kier molecular flexibility index (Phi) is 2.77. The van der Waals surface area contributed by atoms with Crippen LogP contribution in [-0.4, -0.2) is 29.4 Å². The van der Waals surface area contributed by atoms with Crippen LogP contribution in [0.15, 0.2) is 0 Å². The molecular formula is C11H20N2O. The van der Waals surface area contributed by atoms with Crippen molar-refractivity contribution in [2.75, 3.05) is 6.54 Å². The van der Waals surface area contributed by atoms with E-state index in [0.717, 1.165) is 19.4 Å². The summed E-state index contributed by atoms with van der Waals surface area (Å²) in [5.41, 5.74) is 5.71. The summed E-state index contributed by atoms with van der Waals surface area (Å²) < 4.78 is 0. The van der Waals surface area contributed by atoms with Gasteiger partial charge < -0.3 is 10.6 Å². The summed E-state index contributed by atoms with van der Waals surface area (Å²) in [6.45, 7) is 2.75. The van der Waals surface area contributed by atoms with Crippen molar-refractivity contribution in [1.82, 2.24) is 4.90 Å². The first kappa shape index (κ1) is 9.97. The molecule has 2 rings (SSSR count). The summed E-state index contributed by atoms with van der Waals surface area (Å²) >= 11 is 0. The average Bonchev–Trinajstić information content (AvgIpc) is 2.48. The molecule has 3 nitrogen and oxygen atoms in total. The lowest BCUT2D eigenvalue weighted by molar-refractivity contribution is -0.135. The van der Waals surface area contributed by atoms with Crippen LogP contribution in [0, 0.1) is 5.92 Å². The summed E-state index contributed by atoms with van der Waals surface area (Å²) in [5.74, 6) is 1.00. The molecule has 0 aliphatic carbocycles. The molecule has 2 N–H and O–H groups in total. The smallest absolute Gasteiger partial charge is 0.222 e. The number of rotatable bonds is 2. The maximum atomic E-state index is 11.7. The lowest BCUT2D eigenvalue weighted by atomic mass is 9.90. The third-order valence-electron chi connectivity index (χ3n) is 3.75. The maximum absolute atomic E-state index is 11.7. The van der Waals surface area contributed by atoms with Crippen LogP contribution in [0.2, 0.25) is 0 Å². The van der Waals surface area contributed by atoms with Crippen molar-refractivity contribution >= 4 is 5.91 Å². The van der Waals surface area contributed by atoms with Gasteiger partial charge in [-0.3, -0.25) is 4.79 Å². The number of fused-ring (bicyclic) bond motifs is 2. The van der Waals surface area contributed by atoms with Crippen molar-refractivity contribution in [2.24, 2.45) is 11.7 Å². The number of piperidine rings is 1. The van der Waals surface area contributed by atoms with Gasteiger partial charge in [-0.2, -0.15) is 0 Å². The van der Waals surface area contributed by atoms with Crippen molar-refractivity contribution in [3.63, 3.8) is 0 Å². The lowest BCUT2D eigenvalue weighted by Gasteiger charge is -2.38. The first-order valence-electron chi connectivity index (χ1n) is 5.77. The second kappa shape index (κ2) is 3.89. The van der Waals surface area contributed by atoms with E-state index < -0.39 is 0 Å². The molecule has 2 heterocycles. The Hall–Kier alpha value is -0.570. The van der Waals surface area contributed by atoms with Crippen molar-refractivity contribution < 1.29 is 4.79 Å². The first-order chi connectivity index (χ1) is 6.76. The molecule has 2 bridgehead atoms. The molecular weight excluding hydrogens is 176 g/mol. The van der Waals surface area contributed by atoms with Crippen LogP contribution in [0.5, 0.6) is 0 Å².